The number of hydrogen-bond donors (Lipinski definition) is 1. The average molecular weight is 520 g/mol. The topological polar surface area (TPSA) is 105 Å². The largest absolute Gasteiger partial charge is 0.497 e. The first-order valence-electron chi connectivity index (χ1n) is 11.8. The van der Waals surface area contributed by atoms with E-state index in [1.807, 2.05) is 32.0 Å². The van der Waals surface area contributed by atoms with Crippen molar-refractivity contribution < 1.29 is 27.5 Å². The molecule has 0 bridgehead atoms. The minimum atomic E-state index is -3.60. The first-order chi connectivity index (χ1) is 17.0. The van der Waals surface area contributed by atoms with Crippen LogP contribution in [0.4, 0.5) is 0 Å². The fraction of sp³-hybridized carbons (Fsp3) is 0.462. The molecule has 0 unspecified atom stereocenters. The summed E-state index contributed by atoms with van der Waals surface area (Å²) in [6.07, 6.45) is 1.76. The van der Waals surface area contributed by atoms with E-state index in [1.165, 1.54) is 11.9 Å². The van der Waals surface area contributed by atoms with Crippen LogP contribution in [0.3, 0.4) is 0 Å². The summed E-state index contributed by atoms with van der Waals surface area (Å²) in [6, 6.07) is 15.2. The smallest absolute Gasteiger partial charge is 0.247 e. The van der Waals surface area contributed by atoms with Gasteiger partial charge in [-0.1, -0.05) is 42.5 Å². The van der Waals surface area contributed by atoms with Crippen LogP contribution < -0.4 is 10.1 Å². The maximum Gasteiger partial charge on any atom is 0.247 e. The minimum absolute atomic E-state index is 0.0993. The molecule has 36 heavy (non-hydrogen) atoms. The monoisotopic (exact) mass is 519 g/mol. The number of hydrogen-bond acceptors (Lipinski definition) is 6. The predicted octanol–water partition coefficient (Wildman–Crippen LogP) is 2.59. The molecule has 0 aliphatic rings. The number of nitrogens with one attached hydrogen (secondary N) is 1. The summed E-state index contributed by atoms with van der Waals surface area (Å²) in [6.45, 7) is 4.47. The normalized spacial score (nSPS) is 12.4. The third-order valence-corrected chi connectivity index (χ3v) is 6.76. The van der Waals surface area contributed by atoms with Crippen LogP contribution in [0.1, 0.15) is 37.4 Å². The zero-order valence-electron chi connectivity index (χ0n) is 21.6. The van der Waals surface area contributed by atoms with E-state index in [2.05, 4.69) is 5.32 Å². The van der Waals surface area contributed by atoms with Gasteiger partial charge in [-0.25, -0.2) is 8.42 Å². The number of carbonyl (C=O) groups excluding carboxylic acids is 2. The van der Waals surface area contributed by atoms with Gasteiger partial charge in [-0.15, -0.1) is 0 Å². The second-order valence-corrected chi connectivity index (χ2v) is 10.9. The van der Waals surface area contributed by atoms with Gasteiger partial charge < -0.3 is 19.7 Å². The SMILES string of the molecule is COc1ccc(CN(C(=O)CN(C)S(C)(=O)=O)[C@@H](C(=O)NCCCOC(C)C)c2ccccc2)cc1. The quantitative estimate of drug-likeness (QED) is 0.385. The van der Waals surface area contributed by atoms with Crippen molar-refractivity contribution in [3.8, 4) is 5.75 Å². The zero-order chi connectivity index (χ0) is 26.7. The highest BCUT2D eigenvalue weighted by Crippen LogP contribution is 2.25. The van der Waals surface area contributed by atoms with Gasteiger partial charge in [0.15, 0.2) is 0 Å². The molecule has 0 saturated heterocycles. The second kappa shape index (κ2) is 14.0. The van der Waals surface area contributed by atoms with Crippen molar-refractivity contribution in [2.45, 2.75) is 39.0 Å². The summed E-state index contributed by atoms with van der Waals surface area (Å²) in [5.74, 6) is -0.185. The Morgan fingerprint density at radius 1 is 1.03 bits per heavy atom. The molecular weight excluding hydrogens is 482 g/mol. The molecule has 198 valence electrons. The standard InChI is InChI=1S/C26H37N3O6S/c1-20(2)35-17-9-16-27-26(31)25(22-10-7-6-8-11-22)29(24(30)19-28(3)36(5,32)33)18-21-12-14-23(34-4)15-13-21/h6-8,10-15,20,25H,9,16-19H2,1-5H3,(H,27,31)/t25-/m1/s1. The summed E-state index contributed by atoms with van der Waals surface area (Å²) in [5, 5.41) is 2.91. The molecule has 0 aliphatic heterocycles. The Labute approximate surface area is 214 Å². The van der Waals surface area contributed by atoms with E-state index in [4.69, 9.17) is 9.47 Å². The number of amides is 2. The molecule has 2 amide bonds. The Bertz CT molecular complexity index is 1070. The number of nitrogens with zero attached hydrogens (tertiary/aromatic N) is 2. The highest BCUT2D eigenvalue weighted by molar-refractivity contribution is 7.88. The van der Waals surface area contributed by atoms with Gasteiger partial charge in [0.05, 0.1) is 26.0 Å². The van der Waals surface area contributed by atoms with Crippen molar-refractivity contribution in [3.63, 3.8) is 0 Å². The zero-order valence-corrected chi connectivity index (χ0v) is 22.5. The molecule has 0 aliphatic carbocycles. The third-order valence-electron chi connectivity index (χ3n) is 5.50. The number of likely N-dealkylation sites (N-methyl/N-ethyl adjacent to an activating group) is 1. The Morgan fingerprint density at radius 3 is 2.22 bits per heavy atom. The van der Waals surface area contributed by atoms with Crippen LogP contribution >= 0.6 is 0 Å². The fourth-order valence-electron chi connectivity index (χ4n) is 3.46. The van der Waals surface area contributed by atoms with Crippen molar-refractivity contribution in [1.82, 2.24) is 14.5 Å². The van der Waals surface area contributed by atoms with Crippen molar-refractivity contribution in [1.29, 1.82) is 0 Å². The average Bonchev–Trinajstić information content (AvgIpc) is 2.83. The molecule has 10 heteroatoms. The molecule has 2 aromatic carbocycles. The maximum absolute atomic E-state index is 13.5. The predicted molar refractivity (Wildman–Crippen MR) is 139 cm³/mol. The highest BCUT2D eigenvalue weighted by Gasteiger charge is 2.32. The Balaban J connectivity index is 2.37. The van der Waals surface area contributed by atoms with Crippen molar-refractivity contribution in [3.05, 3.63) is 65.7 Å². The van der Waals surface area contributed by atoms with E-state index in [0.29, 0.717) is 30.9 Å². The van der Waals surface area contributed by atoms with E-state index in [0.717, 1.165) is 16.1 Å². The molecule has 0 saturated carbocycles. The fourth-order valence-corrected chi connectivity index (χ4v) is 3.80. The van der Waals surface area contributed by atoms with Gasteiger partial charge >= 0.3 is 0 Å². The Kier molecular flexibility index (Phi) is 11.4. The van der Waals surface area contributed by atoms with Crippen molar-refractivity contribution in [2.75, 3.05) is 40.1 Å². The van der Waals surface area contributed by atoms with Crippen LogP contribution in [0.5, 0.6) is 5.75 Å². The summed E-state index contributed by atoms with van der Waals surface area (Å²) >= 11 is 0. The lowest BCUT2D eigenvalue weighted by Gasteiger charge is -2.32. The van der Waals surface area contributed by atoms with Gasteiger partial charge in [0.1, 0.15) is 11.8 Å². The van der Waals surface area contributed by atoms with E-state index in [-0.39, 0.29) is 18.6 Å². The molecular formula is C26H37N3O6S. The molecule has 0 spiro atoms. The lowest BCUT2D eigenvalue weighted by molar-refractivity contribution is -0.141. The molecule has 0 aromatic heterocycles. The molecule has 2 aromatic rings. The van der Waals surface area contributed by atoms with Crippen LogP contribution in [0.2, 0.25) is 0 Å². The van der Waals surface area contributed by atoms with Gasteiger partial charge in [0.25, 0.3) is 0 Å². The first kappa shape index (κ1) is 29.3. The number of rotatable bonds is 14. The van der Waals surface area contributed by atoms with Gasteiger partial charge in [0.2, 0.25) is 21.8 Å². The molecule has 0 radical (unpaired) electrons. The first-order valence-corrected chi connectivity index (χ1v) is 13.7. The van der Waals surface area contributed by atoms with Crippen LogP contribution in [-0.4, -0.2) is 75.7 Å². The molecule has 1 atom stereocenters. The van der Waals surface area contributed by atoms with E-state index >= 15 is 0 Å². The molecule has 9 nitrogen and oxygen atoms in total. The van der Waals surface area contributed by atoms with Crippen LogP contribution in [0.25, 0.3) is 0 Å². The van der Waals surface area contributed by atoms with E-state index in [9.17, 15) is 18.0 Å². The van der Waals surface area contributed by atoms with Gasteiger partial charge in [-0.05, 0) is 43.5 Å². The van der Waals surface area contributed by atoms with E-state index < -0.39 is 28.5 Å². The Morgan fingerprint density at radius 2 is 1.67 bits per heavy atom. The molecule has 0 fully saturated rings. The summed E-state index contributed by atoms with van der Waals surface area (Å²) < 4.78 is 35.7. The molecule has 2 rings (SSSR count). The van der Waals surface area contributed by atoms with Crippen LogP contribution in [0, 0.1) is 0 Å². The van der Waals surface area contributed by atoms with Gasteiger partial charge in [0, 0.05) is 26.7 Å². The summed E-state index contributed by atoms with van der Waals surface area (Å²) in [5.41, 5.74) is 1.39. The van der Waals surface area contributed by atoms with E-state index in [1.54, 1.807) is 43.5 Å². The number of benzene rings is 2. The minimum Gasteiger partial charge on any atom is -0.497 e. The Hall–Kier alpha value is -2.95. The number of methoxy groups -OCH3 is 1. The number of carbonyl (C=O) groups is 2. The van der Waals surface area contributed by atoms with Crippen LogP contribution in [0.15, 0.2) is 54.6 Å². The van der Waals surface area contributed by atoms with Crippen molar-refractivity contribution in [2.24, 2.45) is 0 Å². The third kappa shape index (κ3) is 9.25. The lowest BCUT2D eigenvalue weighted by Crippen LogP contribution is -2.47. The number of sulfonamides is 1. The molecule has 1 N–H and O–H groups in total. The summed E-state index contributed by atoms with van der Waals surface area (Å²) in [7, 11) is -0.695. The lowest BCUT2D eigenvalue weighted by atomic mass is 10.0. The molecule has 0 heterocycles. The number of ether oxygens (including phenoxy) is 2. The van der Waals surface area contributed by atoms with Gasteiger partial charge in [-0.3, -0.25) is 9.59 Å². The van der Waals surface area contributed by atoms with Crippen LogP contribution in [-0.2, 0) is 30.9 Å². The summed E-state index contributed by atoms with van der Waals surface area (Å²) in [4.78, 5) is 28.4. The second-order valence-electron chi connectivity index (χ2n) is 8.77. The van der Waals surface area contributed by atoms with Crippen molar-refractivity contribution >= 4 is 21.8 Å². The highest BCUT2D eigenvalue weighted by atomic mass is 32.2. The maximum atomic E-state index is 13.5. The van der Waals surface area contributed by atoms with Gasteiger partial charge in [-0.2, -0.15) is 4.31 Å².